The summed E-state index contributed by atoms with van der Waals surface area (Å²) in [6.45, 7) is 14.8. The van der Waals surface area contributed by atoms with Gasteiger partial charge in [-0.2, -0.15) is 0 Å². The van der Waals surface area contributed by atoms with Crippen LogP contribution < -0.4 is 5.32 Å². The van der Waals surface area contributed by atoms with Crippen LogP contribution in [-0.2, 0) is 13.3 Å². The second kappa shape index (κ2) is 10.9. The van der Waals surface area contributed by atoms with Crippen molar-refractivity contribution >= 4 is 9.53 Å². The lowest BCUT2D eigenvalue weighted by Gasteiger charge is -2.25. The maximum Gasteiger partial charge on any atom is 0.484 e. The number of nitrogens with one attached hydrogen (secondary N) is 1. The van der Waals surface area contributed by atoms with Crippen LogP contribution in [0.4, 0.5) is 0 Å². The molecule has 18 heavy (non-hydrogen) atoms. The van der Waals surface area contributed by atoms with Gasteiger partial charge in [-0.3, -0.25) is 0 Å². The summed E-state index contributed by atoms with van der Waals surface area (Å²) >= 11 is 0. The third kappa shape index (κ3) is 10.0. The van der Waals surface area contributed by atoms with Gasteiger partial charge in [0.15, 0.2) is 0 Å². The van der Waals surface area contributed by atoms with Crippen LogP contribution in [0.2, 0.25) is 0 Å². The Bertz CT molecular complexity index is 185. The summed E-state index contributed by atoms with van der Waals surface area (Å²) in [5, 5.41) is 3.40. The first-order chi connectivity index (χ1) is 8.55. The van der Waals surface area contributed by atoms with Crippen LogP contribution in [0, 0.1) is 5.41 Å². The van der Waals surface area contributed by atoms with Crippen LogP contribution in [0.5, 0.6) is 0 Å². The third-order valence-corrected chi connectivity index (χ3v) is 4.43. The fourth-order valence-corrected chi connectivity index (χ4v) is 2.89. The minimum absolute atomic E-state index is 0.327. The lowest BCUT2D eigenvalue weighted by molar-refractivity contribution is 0.0970. The first-order valence-electron chi connectivity index (χ1n) is 7.11. The topological polar surface area (TPSA) is 39.7 Å². The summed E-state index contributed by atoms with van der Waals surface area (Å²) in [5.74, 6) is 0. The van der Waals surface area contributed by atoms with Crippen molar-refractivity contribution in [3.63, 3.8) is 0 Å². The fourth-order valence-electron chi connectivity index (χ4n) is 1.70. The van der Waals surface area contributed by atoms with Crippen LogP contribution >= 0.6 is 0 Å². The van der Waals surface area contributed by atoms with Crippen molar-refractivity contribution in [3.05, 3.63) is 0 Å². The van der Waals surface area contributed by atoms with E-state index >= 15 is 0 Å². The van der Waals surface area contributed by atoms with Gasteiger partial charge in [0, 0.05) is 26.4 Å². The molecule has 0 aromatic heterocycles. The lowest BCUT2D eigenvalue weighted by Crippen LogP contribution is -2.30. The Balaban J connectivity index is 3.68. The highest BCUT2D eigenvalue weighted by molar-refractivity contribution is 6.36. The van der Waals surface area contributed by atoms with Gasteiger partial charge >= 0.3 is 9.53 Å². The Kier molecular flexibility index (Phi) is 11.0. The normalized spacial score (nSPS) is 12.3. The average molecular weight is 277 g/mol. The van der Waals surface area contributed by atoms with Gasteiger partial charge in [0.2, 0.25) is 0 Å². The summed E-state index contributed by atoms with van der Waals surface area (Å²) in [7, 11) is -1.86. The molecule has 0 bridgehead atoms. The van der Waals surface area contributed by atoms with Crippen molar-refractivity contribution < 1.29 is 13.3 Å². The van der Waals surface area contributed by atoms with Crippen molar-refractivity contribution in [1.29, 1.82) is 0 Å². The van der Waals surface area contributed by atoms with Crippen molar-refractivity contribution in [1.82, 2.24) is 5.32 Å². The van der Waals surface area contributed by atoms with Gasteiger partial charge in [0.05, 0.1) is 0 Å². The van der Waals surface area contributed by atoms with Gasteiger partial charge in [-0.25, -0.2) is 0 Å². The molecular formula is C13H31NO3Si. The second-order valence-corrected chi connectivity index (χ2v) is 6.70. The first-order valence-corrected chi connectivity index (χ1v) is 8.52. The van der Waals surface area contributed by atoms with Crippen LogP contribution in [0.15, 0.2) is 0 Å². The van der Waals surface area contributed by atoms with E-state index in [4.69, 9.17) is 13.3 Å². The fraction of sp³-hybridized carbons (Fsp3) is 1.00. The van der Waals surface area contributed by atoms with Gasteiger partial charge < -0.3 is 18.6 Å². The standard InChI is InChI=1S/C13H31NO3Si/c1-6-14-12-13(4,5)10-9-11-17-18(15-7-2)16-8-3/h14,18H,6-12H2,1-5H3. The zero-order valence-corrected chi connectivity index (χ0v) is 13.9. The number of rotatable bonds is 12. The van der Waals surface area contributed by atoms with Crippen LogP contribution in [0.3, 0.4) is 0 Å². The van der Waals surface area contributed by atoms with E-state index in [0.717, 1.165) is 32.5 Å². The molecule has 0 aliphatic heterocycles. The van der Waals surface area contributed by atoms with Crippen molar-refractivity contribution in [3.8, 4) is 0 Å². The van der Waals surface area contributed by atoms with Gasteiger partial charge in [-0.05, 0) is 38.6 Å². The van der Waals surface area contributed by atoms with Crippen molar-refractivity contribution in [2.75, 3.05) is 32.9 Å². The van der Waals surface area contributed by atoms with Gasteiger partial charge in [-0.15, -0.1) is 0 Å². The second-order valence-electron chi connectivity index (χ2n) is 5.12. The van der Waals surface area contributed by atoms with Crippen LogP contribution in [-0.4, -0.2) is 42.4 Å². The number of hydrogen-bond acceptors (Lipinski definition) is 4. The van der Waals surface area contributed by atoms with Crippen molar-refractivity contribution in [2.45, 2.75) is 47.5 Å². The van der Waals surface area contributed by atoms with E-state index in [-0.39, 0.29) is 0 Å². The molecule has 0 heterocycles. The number of hydrogen-bond donors (Lipinski definition) is 1. The molecule has 0 radical (unpaired) electrons. The molecule has 5 heteroatoms. The third-order valence-electron chi connectivity index (χ3n) is 2.71. The molecule has 0 aliphatic carbocycles. The average Bonchev–Trinajstić information content (AvgIpc) is 2.33. The van der Waals surface area contributed by atoms with E-state index < -0.39 is 9.53 Å². The molecule has 4 nitrogen and oxygen atoms in total. The zero-order valence-electron chi connectivity index (χ0n) is 12.8. The van der Waals surface area contributed by atoms with Crippen molar-refractivity contribution in [2.24, 2.45) is 5.41 Å². The highest BCUT2D eigenvalue weighted by Crippen LogP contribution is 2.21. The zero-order chi connectivity index (χ0) is 13.9. The van der Waals surface area contributed by atoms with Gasteiger partial charge in [-0.1, -0.05) is 20.8 Å². The SMILES string of the molecule is CCNCC(C)(C)CCCO[SiH](OCC)OCC. The molecule has 0 saturated heterocycles. The first kappa shape index (κ1) is 18.1. The quantitative estimate of drug-likeness (QED) is 0.438. The van der Waals surface area contributed by atoms with E-state index in [1.165, 1.54) is 0 Å². The molecular weight excluding hydrogens is 246 g/mol. The summed E-state index contributed by atoms with van der Waals surface area (Å²) < 4.78 is 16.6. The Morgan fingerprint density at radius 2 is 1.61 bits per heavy atom. The van der Waals surface area contributed by atoms with E-state index in [1.807, 2.05) is 13.8 Å². The molecule has 0 amide bonds. The highest BCUT2D eigenvalue weighted by Gasteiger charge is 2.18. The van der Waals surface area contributed by atoms with Crippen LogP contribution in [0.1, 0.15) is 47.5 Å². The highest BCUT2D eigenvalue weighted by atomic mass is 28.3. The molecule has 0 unspecified atom stereocenters. The summed E-state index contributed by atoms with van der Waals surface area (Å²) in [6.07, 6.45) is 2.21. The van der Waals surface area contributed by atoms with E-state index in [0.29, 0.717) is 18.6 Å². The summed E-state index contributed by atoms with van der Waals surface area (Å²) in [6, 6.07) is 0. The molecule has 0 aromatic carbocycles. The van der Waals surface area contributed by atoms with E-state index in [2.05, 4.69) is 26.1 Å². The largest absolute Gasteiger partial charge is 0.484 e. The predicted octanol–water partition coefficient (Wildman–Crippen LogP) is 2.21. The predicted molar refractivity (Wildman–Crippen MR) is 77.9 cm³/mol. The molecule has 0 spiro atoms. The van der Waals surface area contributed by atoms with E-state index in [1.54, 1.807) is 0 Å². The lowest BCUT2D eigenvalue weighted by atomic mass is 9.88. The Morgan fingerprint density at radius 3 is 2.11 bits per heavy atom. The molecule has 0 saturated carbocycles. The molecule has 0 rings (SSSR count). The maximum atomic E-state index is 5.70. The maximum absolute atomic E-state index is 5.70. The molecule has 1 N–H and O–H groups in total. The monoisotopic (exact) mass is 277 g/mol. The smallest absolute Gasteiger partial charge is 0.376 e. The summed E-state index contributed by atoms with van der Waals surface area (Å²) in [4.78, 5) is 0. The molecule has 0 fully saturated rings. The Labute approximate surface area is 114 Å². The Morgan fingerprint density at radius 1 is 1.00 bits per heavy atom. The molecule has 0 aliphatic rings. The van der Waals surface area contributed by atoms with Gasteiger partial charge in [0.25, 0.3) is 0 Å². The van der Waals surface area contributed by atoms with E-state index in [9.17, 15) is 0 Å². The van der Waals surface area contributed by atoms with Crippen LogP contribution in [0.25, 0.3) is 0 Å². The van der Waals surface area contributed by atoms with Gasteiger partial charge in [0.1, 0.15) is 0 Å². The molecule has 0 aromatic rings. The Hall–Kier alpha value is 0.0569. The molecule has 0 atom stereocenters. The minimum Gasteiger partial charge on any atom is -0.376 e. The molecule has 110 valence electrons. The minimum atomic E-state index is -1.86. The summed E-state index contributed by atoms with van der Waals surface area (Å²) in [5.41, 5.74) is 0.327.